The molecule has 0 aliphatic rings. The maximum atomic E-state index is 13.3. The van der Waals surface area contributed by atoms with E-state index in [1.54, 1.807) is 49.4 Å². The highest BCUT2D eigenvalue weighted by Gasteiger charge is 2.28. The predicted molar refractivity (Wildman–Crippen MR) is 147 cm³/mol. The number of hydrogen-bond donors (Lipinski definition) is 1. The molecule has 2 rings (SSSR count). The number of halogens is 3. The maximum absolute atomic E-state index is 13.3. The molecule has 11 heteroatoms. The van der Waals surface area contributed by atoms with Crippen molar-refractivity contribution >= 4 is 62.3 Å². The zero-order valence-electron chi connectivity index (χ0n) is 20.8. The number of hydrogen-bond acceptors (Lipinski definition) is 4. The Bertz CT molecular complexity index is 1180. The average molecular weight is 577 g/mol. The van der Waals surface area contributed by atoms with Crippen molar-refractivity contribution in [2.45, 2.75) is 58.7 Å². The lowest BCUT2D eigenvalue weighted by Gasteiger charge is -2.30. The molecule has 2 aromatic rings. The smallest absolute Gasteiger partial charge is 0.242 e. The van der Waals surface area contributed by atoms with Crippen LogP contribution >= 0.6 is 34.8 Å². The Kier molecular flexibility index (Phi) is 11.3. The molecule has 0 saturated heterocycles. The zero-order valence-corrected chi connectivity index (χ0v) is 23.9. The normalized spacial score (nSPS) is 13.1. The number of sulfonamides is 1. The molecule has 0 fully saturated rings. The molecule has 0 spiro atoms. The van der Waals surface area contributed by atoms with Gasteiger partial charge in [-0.2, -0.15) is 0 Å². The van der Waals surface area contributed by atoms with Gasteiger partial charge in [0.15, 0.2) is 0 Å². The number of amides is 2. The first-order valence-corrected chi connectivity index (χ1v) is 14.6. The lowest BCUT2D eigenvalue weighted by Crippen LogP contribution is -2.49. The molecular weight excluding hydrogens is 545 g/mol. The molecule has 0 radical (unpaired) electrons. The van der Waals surface area contributed by atoms with Crippen LogP contribution in [0.2, 0.25) is 15.1 Å². The van der Waals surface area contributed by atoms with Crippen molar-refractivity contribution in [3.05, 3.63) is 63.1 Å². The zero-order chi connectivity index (χ0) is 27.0. The largest absolute Gasteiger partial charge is 0.352 e. The van der Waals surface area contributed by atoms with Crippen LogP contribution in [0.15, 0.2) is 42.5 Å². The van der Waals surface area contributed by atoms with E-state index in [4.69, 9.17) is 34.8 Å². The molecular formula is C25H32Cl3N3O4S. The van der Waals surface area contributed by atoms with E-state index in [1.807, 2.05) is 13.8 Å². The van der Waals surface area contributed by atoms with Crippen molar-refractivity contribution in [3.8, 4) is 0 Å². The van der Waals surface area contributed by atoms with Gasteiger partial charge in [-0.05, 0) is 62.6 Å². The molecule has 2 amide bonds. The third-order valence-electron chi connectivity index (χ3n) is 5.77. The Labute approximate surface area is 228 Å². The van der Waals surface area contributed by atoms with E-state index in [-0.39, 0.29) is 43.8 Å². The number of carbonyl (C=O) groups excluding carboxylic acids is 2. The van der Waals surface area contributed by atoms with E-state index in [0.717, 1.165) is 12.7 Å². The minimum Gasteiger partial charge on any atom is -0.352 e. The first-order chi connectivity index (χ1) is 16.8. The topological polar surface area (TPSA) is 86.8 Å². The van der Waals surface area contributed by atoms with Gasteiger partial charge >= 0.3 is 0 Å². The van der Waals surface area contributed by atoms with Crippen molar-refractivity contribution in [1.29, 1.82) is 0 Å². The highest BCUT2D eigenvalue weighted by atomic mass is 35.5. The molecule has 0 bridgehead atoms. The lowest BCUT2D eigenvalue weighted by atomic mass is 10.1. The molecule has 0 aliphatic carbocycles. The Balaban J connectivity index is 2.21. The fraction of sp³-hybridized carbons (Fsp3) is 0.440. The molecule has 0 saturated carbocycles. The van der Waals surface area contributed by atoms with Gasteiger partial charge in [0.05, 0.1) is 11.9 Å². The van der Waals surface area contributed by atoms with Crippen molar-refractivity contribution in [2.75, 3.05) is 17.1 Å². The number of nitrogens with zero attached hydrogens (tertiary/aromatic N) is 2. The van der Waals surface area contributed by atoms with Crippen molar-refractivity contribution in [1.82, 2.24) is 10.2 Å². The van der Waals surface area contributed by atoms with Crippen LogP contribution in [0.4, 0.5) is 5.69 Å². The quantitative estimate of drug-likeness (QED) is 0.360. The fourth-order valence-corrected chi connectivity index (χ4v) is 5.13. The highest BCUT2D eigenvalue weighted by molar-refractivity contribution is 7.92. The summed E-state index contributed by atoms with van der Waals surface area (Å²) in [5, 5.41) is 4.17. The molecule has 2 atom stereocenters. The minimum atomic E-state index is -3.60. The summed E-state index contributed by atoms with van der Waals surface area (Å²) in [4.78, 5) is 27.7. The maximum Gasteiger partial charge on any atom is 0.242 e. The summed E-state index contributed by atoms with van der Waals surface area (Å²) in [6.07, 6.45) is 2.12. The number of carbonyl (C=O) groups is 2. The molecule has 7 nitrogen and oxygen atoms in total. The Hall–Kier alpha value is -2.00. The first-order valence-electron chi connectivity index (χ1n) is 11.6. The van der Waals surface area contributed by atoms with Crippen LogP contribution < -0.4 is 9.62 Å². The van der Waals surface area contributed by atoms with Gasteiger partial charge in [-0.1, -0.05) is 53.9 Å². The SMILES string of the molecule is CC[C@H](C)NC(=O)[C@@H](C)N(Cc1ccc(Cl)cc1Cl)C(=O)CCCN(c1cccc(Cl)c1)S(C)(=O)=O. The van der Waals surface area contributed by atoms with Gasteiger partial charge in [0.1, 0.15) is 6.04 Å². The van der Waals surface area contributed by atoms with E-state index >= 15 is 0 Å². The second kappa shape index (κ2) is 13.5. The molecule has 0 aliphatic heterocycles. The summed E-state index contributed by atoms with van der Waals surface area (Å²) < 4.78 is 26.0. The minimum absolute atomic E-state index is 0.0265. The summed E-state index contributed by atoms with van der Waals surface area (Å²) in [7, 11) is -3.60. The highest BCUT2D eigenvalue weighted by Crippen LogP contribution is 2.25. The van der Waals surface area contributed by atoms with Crippen LogP contribution in [0.25, 0.3) is 0 Å². The van der Waals surface area contributed by atoms with Crippen molar-refractivity contribution in [2.24, 2.45) is 0 Å². The second-order valence-corrected chi connectivity index (χ2v) is 11.9. The van der Waals surface area contributed by atoms with Gasteiger partial charge < -0.3 is 10.2 Å². The third kappa shape index (κ3) is 8.83. The Morgan fingerprint density at radius 3 is 2.28 bits per heavy atom. The number of nitrogens with one attached hydrogen (secondary N) is 1. The monoisotopic (exact) mass is 575 g/mol. The van der Waals surface area contributed by atoms with E-state index < -0.39 is 16.1 Å². The summed E-state index contributed by atoms with van der Waals surface area (Å²) in [6.45, 7) is 5.69. The van der Waals surface area contributed by atoms with Crippen LogP contribution in [-0.4, -0.2) is 50.0 Å². The first kappa shape index (κ1) is 30.2. The number of anilines is 1. The van der Waals surface area contributed by atoms with Gasteiger partial charge in [0, 0.05) is 40.6 Å². The van der Waals surface area contributed by atoms with Crippen LogP contribution in [0, 0.1) is 0 Å². The fourth-order valence-electron chi connectivity index (χ4n) is 3.52. The van der Waals surface area contributed by atoms with Crippen LogP contribution in [0.5, 0.6) is 0 Å². The van der Waals surface area contributed by atoms with Crippen molar-refractivity contribution < 1.29 is 18.0 Å². The molecule has 0 unspecified atom stereocenters. The third-order valence-corrected chi connectivity index (χ3v) is 7.79. The summed E-state index contributed by atoms with van der Waals surface area (Å²) >= 11 is 18.4. The van der Waals surface area contributed by atoms with Gasteiger partial charge in [0.2, 0.25) is 21.8 Å². The standard InChI is InChI=1S/C25H32Cl3N3O4S/c1-5-17(2)29-25(33)18(3)30(16-19-11-12-21(27)15-23(19)28)24(32)10-7-13-31(36(4,34)35)22-9-6-8-20(26)14-22/h6,8-9,11-12,14-15,17-18H,5,7,10,13,16H2,1-4H3,(H,29,33)/t17-,18+/m0/s1. The predicted octanol–water partition coefficient (Wildman–Crippen LogP) is 5.53. The molecule has 1 N–H and O–H groups in total. The number of rotatable bonds is 12. The second-order valence-electron chi connectivity index (χ2n) is 8.67. The van der Waals surface area contributed by atoms with E-state index in [9.17, 15) is 18.0 Å². The van der Waals surface area contributed by atoms with Crippen molar-refractivity contribution in [3.63, 3.8) is 0 Å². The molecule has 0 heterocycles. The Morgan fingerprint density at radius 2 is 1.69 bits per heavy atom. The van der Waals surface area contributed by atoms with Gasteiger partial charge in [-0.25, -0.2) is 8.42 Å². The Morgan fingerprint density at radius 1 is 1.03 bits per heavy atom. The molecule has 0 aromatic heterocycles. The van der Waals surface area contributed by atoms with E-state index in [0.29, 0.717) is 26.3 Å². The summed E-state index contributed by atoms with van der Waals surface area (Å²) in [5.74, 6) is -0.577. The molecule has 198 valence electrons. The summed E-state index contributed by atoms with van der Waals surface area (Å²) in [6, 6.07) is 10.7. The summed E-state index contributed by atoms with van der Waals surface area (Å²) in [5.41, 5.74) is 1.07. The van der Waals surface area contributed by atoms with Gasteiger partial charge in [0.25, 0.3) is 0 Å². The van der Waals surface area contributed by atoms with Crippen LogP contribution in [-0.2, 0) is 26.2 Å². The average Bonchev–Trinajstić information content (AvgIpc) is 2.79. The molecule has 36 heavy (non-hydrogen) atoms. The van der Waals surface area contributed by atoms with Crippen LogP contribution in [0.3, 0.4) is 0 Å². The van der Waals surface area contributed by atoms with Gasteiger partial charge in [-0.15, -0.1) is 0 Å². The van der Waals surface area contributed by atoms with E-state index in [2.05, 4.69) is 5.32 Å². The van der Waals surface area contributed by atoms with Gasteiger partial charge in [-0.3, -0.25) is 13.9 Å². The number of benzene rings is 2. The lowest BCUT2D eigenvalue weighted by molar-refractivity contribution is -0.140. The van der Waals surface area contributed by atoms with Crippen LogP contribution in [0.1, 0.15) is 45.6 Å². The molecule has 2 aromatic carbocycles. The van der Waals surface area contributed by atoms with E-state index in [1.165, 1.54) is 9.21 Å².